The van der Waals surface area contributed by atoms with Gasteiger partial charge in [-0.15, -0.1) is 11.3 Å². The molecule has 2 aliphatic heterocycles. The maximum atomic E-state index is 14.8. The number of rotatable bonds is 4. The Hall–Kier alpha value is -3.71. The zero-order chi connectivity index (χ0) is 33.4. The van der Waals surface area contributed by atoms with Crippen molar-refractivity contribution in [3.05, 3.63) is 40.3 Å². The Labute approximate surface area is 273 Å². The first-order valence-electron chi connectivity index (χ1n) is 15.7. The lowest BCUT2D eigenvalue weighted by molar-refractivity contribution is -0.132. The highest BCUT2D eigenvalue weighted by molar-refractivity contribution is 7.12. The highest BCUT2D eigenvalue weighted by atomic mass is 32.1. The Morgan fingerprint density at radius 1 is 1.13 bits per heavy atom. The number of fused-ring (bicyclic) bond motifs is 6. The highest BCUT2D eigenvalue weighted by Gasteiger charge is 2.37. The molecule has 1 fully saturated rings. The monoisotopic (exact) mass is 660 g/mol. The van der Waals surface area contributed by atoms with E-state index in [0.717, 1.165) is 0 Å². The molecule has 46 heavy (non-hydrogen) atoms. The van der Waals surface area contributed by atoms with Gasteiger partial charge in [0.2, 0.25) is 11.8 Å². The largest absolute Gasteiger partial charge is 0.491 e. The number of nitrogens with zero attached hydrogens (tertiary/aromatic N) is 1. The summed E-state index contributed by atoms with van der Waals surface area (Å²) in [7, 11) is 0. The van der Waals surface area contributed by atoms with Gasteiger partial charge in [-0.2, -0.15) is 0 Å². The van der Waals surface area contributed by atoms with Crippen LogP contribution in [0.15, 0.2) is 29.6 Å². The number of alkyl carbamates (subject to hydrolysis) is 1. The maximum Gasteiger partial charge on any atom is 0.407 e. The fourth-order valence-corrected chi connectivity index (χ4v) is 6.06. The molecule has 1 aromatic carbocycles. The minimum absolute atomic E-state index is 0.0291. The summed E-state index contributed by atoms with van der Waals surface area (Å²) in [6, 6.07) is 4.33. The van der Waals surface area contributed by atoms with E-state index >= 15 is 0 Å². The molecule has 2 aliphatic rings. The van der Waals surface area contributed by atoms with Crippen LogP contribution < -0.4 is 20.7 Å². The Morgan fingerprint density at radius 3 is 2.65 bits per heavy atom. The molecule has 0 spiro atoms. The van der Waals surface area contributed by atoms with E-state index in [1.165, 1.54) is 23.5 Å². The van der Waals surface area contributed by atoms with E-state index in [9.17, 15) is 23.6 Å². The van der Waals surface area contributed by atoms with Crippen molar-refractivity contribution in [3.8, 4) is 16.9 Å². The van der Waals surface area contributed by atoms with Crippen molar-refractivity contribution in [3.63, 3.8) is 0 Å². The molecular weight excluding hydrogens is 615 g/mol. The van der Waals surface area contributed by atoms with E-state index in [0.29, 0.717) is 55.0 Å². The summed E-state index contributed by atoms with van der Waals surface area (Å²) in [5.74, 6) is -0.901. The Bertz CT molecular complexity index is 1390. The van der Waals surface area contributed by atoms with Crippen LogP contribution in [0.1, 0.15) is 70.0 Å². The standard InChI is InChI=1S/C33H45FN4O7S/c1-20(2)15-35-30(40)27-18-43-9-7-6-8-29(39)38-16-24(36-32(42)45-33(3,4)5)14-25(38)17-44-26-11-21(10-23(34)13-26)22-12-28(46-19-22)31(41)37-27/h10-13,19-20,24-25,27H,6-9,14-18H2,1-5H3,(H,35,40)(H,36,42)(H,37,41)/t24-,25-,27-/m0/s1. The molecule has 252 valence electrons. The number of nitrogens with one attached hydrogen (secondary N) is 3. The number of benzene rings is 1. The van der Waals surface area contributed by atoms with Crippen LogP contribution in [0.5, 0.6) is 5.75 Å². The molecule has 4 amide bonds. The molecule has 4 bridgehead atoms. The second kappa shape index (κ2) is 15.7. The van der Waals surface area contributed by atoms with Gasteiger partial charge in [0.05, 0.1) is 23.6 Å². The molecule has 4 rings (SSSR count). The number of carbonyl (C=O) groups excluding carboxylic acids is 4. The van der Waals surface area contributed by atoms with Gasteiger partial charge < -0.3 is 35.1 Å². The van der Waals surface area contributed by atoms with Crippen LogP contribution in [-0.4, -0.2) is 85.4 Å². The summed E-state index contributed by atoms with van der Waals surface area (Å²) in [4.78, 5) is 54.0. The second-order valence-electron chi connectivity index (χ2n) is 13.2. The Kier molecular flexibility index (Phi) is 12.0. The molecule has 0 saturated carbocycles. The number of thiophene rings is 1. The van der Waals surface area contributed by atoms with Crippen LogP contribution in [-0.2, 0) is 19.1 Å². The summed E-state index contributed by atoms with van der Waals surface area (Å²) in [6.45, 7) is 10.4. The number of halogens is 1. The topological polar surface area (TPSA) is 135 Å². The van der Waals surface area contributed by atoms with Crippen LogP contribution >= 0.6 is 11.3 Å². The fraction of sp³-hybridized carbons (Fsp3) is 0.576. The molecule has 13 heteroatoms. The van der Waals surface area contributed by atoms with Gasteiger partial charge in [0.25, 0.3) is 5.91 Å². The first-order chi connectivity index (χ1) is 21.8. The van der Waals surface area contributed by atoms with Crippen molar-refractivity contribution >= 4 is 35.2 Å². The lowest BCUT2D eigenvalue weighted by Crippen LogP contribution is -2.50. The lowest BCUT2D eigenvalue weighted by atomic mass is 10.1. The van der Waals surface area contributed by atoms with Crippen LogP contribution in [0.3, 0.4) is 0 Å². The Morgan fingerprint density at radius 2 is 1.91 bits per heavy atom. The van der Waals surface area contributed by atoms with E-state index in [1.54, 1.807) is 43.2 Å². The minimum atomic E-state index is -0.919. The van der Waals surface area contributed by atoms with Gasteiger partial charge in [-0.1, -0.05) is 13.8 Å². The third-order valence-corrected chi connectivity index (χ3v) is 8.38. The zero-order valence-electron chi connectivity index (χ0n) is 27.2. The average molecular weight is 661 g/mol. The van der Waals surface area contributed by atoms with Crippen molar-refractivity contribution in [2.45, 2.75) is 84.0 Å². The van der Waals surface area contributed by atoms with Crippen molar-refractivity contribution in [2.75, 3.05) is 32.9 Å². The summed E-state index contributed by atoms with van der Waals surface area (Å²) < 4.78 is 32.0. The van der Waals surface area contributed by atoms with Crippen molar-refractivity contribution in [2.24, 2.45) is 5.92 Å². The minimum Gasteiger partial charge on any atom is -0.491 e. The first kappa shape index (κ1) is 35.1. The molecule has 1 saturated heterocycles. The van der Waals surface area contributed by atoms with E-state index in [4.69, 9.17) is 14.2 Å². The maximum absolute atomic E-state index is 14.8. The lowest BCUT2D eigenvalue weighted by Gasteiger charge is -2.25. The van der Waals surface area contributed by atoms with Gasteiger partial charge in [0, 0.05) is 32.2 Å². The van der Waals surface area contributed by atoms with Crippen LogP contribution in [0, 0.1) is 11.7 Å². The van der Waals surface area contributed by atoms with E-state index in [-0.39, 0.29) is 55.2 Å². The van der Waals surface area contributed by atoms with E-state index < -0.39 is 29.5 Å². The zero-order valence-corrected chi connectivity index (χ0v) is 28.0. The molecular formula is C33H45FN4O7S. The number of hydrogen-bond acceptors (Lipinski definition) is 8. The molecule has 0 radical (unpaired) electrons. The van der Waals surface area contributed by atoms with Gasteiger partial charge in [-0.3, -0.25) is 14.4 Å². The van der Waals surface area contributed by atoms with Crippen molar-refractivity contribution < 1.29 is 37.8 Å². The highest BCUT2D eigenvalue weighted by Crippen LogP contribution is 2.30. The predicted octanol–water partition coefficient (Wildman–Crippen LogP) is 4.50. The third kappa shape index (κ3) is 10.4. The Balaban J connectivity index is 1.55. The van der Waals surface area contributed by atoms with Crippen molar-refractivity contribution in [1.82, 2.24) is 20.9 Å². The molecule has 1 aromatic heterocycles. The SMILES string of the molecule is CC(C)CNC(=O)[C@@H]1COCCCCC(=O)N2C[C@@H](NC(=O)OC(C)(C)C)C[C@H]2COc2cc(F)cc(c2)-c2csc(c2)C(=O)N1. The van der Waals surface area contributed by atoms with Gasteiger partial charge >= 0.3 is 6.09 Å². The summed E-state index contributed by atoms with van der Waals surface area (Å²) in [5.41, 5.74) is 0.463. The number of ether oxygens (including phenoxy) is 3. The molecule has 11 nitrogen and oxygen atoms in total. The smallest absolute Gasteiger partial charge is 0.407 e. The molecule has 0 unspecified atom stereocenters. The van der Waals surface area contributed by atoms with Crippen molar-refractivity contribution in [1.29, 1.82) is 0 Å². The van der Waals surface area contributed by atoms with Gasteiger partial charge in [-0.05, 0) is 80.7 Å². The summed E-state index contributed by atoms with van der Waals surface area (Å²) in [6.07, 6.45) is 1.23. The first-order valence-corrected chi connectivity index (χ1v) is 16.6. The van der Waals surface area contributed by atoms with Crippen LogP contribution in [0.25, 0.3) is 11.1 Å². The van der Waals surface area contributed by atoms with Gasteiger partial charge in [-0.25, -0.2) is 9.18 Å². The van der Waals surface area contributed by atoms with E-state index in [1.807, 2.05) is 13.8 Å². The molecule has 2 aromatic rings. The fourth-order valence-electron chi connectivity index (χ4n) is 5.24. The van der Waals surface area contributed by atoms with E-state index in [2.05, 4.69) is 16.0 Å². The number of amides is 4. The van der Waals surface area contributed by atoms with Crippen LogP contribution in [0.4, 0.5) is 9.18 Å². The van der Waals surface area contributed by atoms with Gasteiger partial charge in [0.15, 0.2) is 0 Å². The second-order valence-corrected chi connectivity index (χ2v) is 14.1. The molecule has 0 aliphatic carbocycles. The molecule has 3 atom stereocenters. The number of hydrogen-bond donors (Lipinski definition) is 3. The van der Waals surface area contributed by atoms with Crippen LogP contribution in [0.2, 0.25) is 0 Å². The predicted molar refractivity (Wildman–Crippen MR) is 172 cm³/mol. The molecule has 3 heterocycles. The summed E-state index contributed by atoms with van der Waals surface area (Å²) >= 11 is 1.18. The quantitative estimate of drug-likeness (QED) is 0.440. The third-order valence-electron chi connectivity index (χ3n) is 7.45. The van der Waals surface area contributed by atoms with Gasteiger partial charge in [0.1, 0.15) is 29.8 Å². The average Bonchev–Trinajstić information content (AvgIpc) is 3.62. The summed E-state index contributed by atoms with van der Waals surface area (Å²) in [5, 5.41) is 10.2. The normalized spacial score (nSPS) is 21.5. The number of carbonyl (C=O) groups is 4. The molecule has 3 N–H and O–H groups in total.